The minimum absolute atomic E-state index is 0.0281. The molecule has 1 atom stereocenters. The Kier molecular flexibility index (Phi) is 5.87. The van der Waals surface area contributed by atoms with Crippen LogP contribution in [0.1, 0.15) is 32.8 Å². The van der Waals surface area contributed by atoms with Gasteiger partial charge in [-0.05, 0) is 31.0 Å². The molecule has 0 unspecified atom stereocenters. The van der Waals surface area contributed by atoms with Gasteiger partial charge in [0.2, 0.25) is 0 Å². The lowest BCUT2D eigenvalue weighted by Crippen LogP contribution is -2.41. The molecule has 22 heavy (non-hydrogen) atoms. The quantitative estimate of drug-likeness (QED) is 0.635. The third kappa shape index (κ3) is 4.46. The van der Waals surface area contributed by atoms with Crippen molar-refractivity contribution in [1.82, 2.24) is 10.2 Å². The average molecular weight is 368 g/mol. The van der Waals surface area contributed by atoms with Gasteiger partial charge in [0, 0.05) is 29.5 Å². The highest BCUT2D eigenvalue weighted by atomic mass is 79.9. The summed E-state index contributed by atoms with van der Waals surface area (Å²) < 4.78 is 1.09. The van der Waals surface area contributed by atoms with E-state index in [0.717, 1.165) is 29.9 Å². The summed E-state index contributed by atoms with van der Waals surface area (Å²) in [6.45, 7) is 9.58. The van der Waals surface area contributed by atoms with Crippen LogP contribution in [0.25, 0.3) is 0 Å². The Labute approximate surface area is 141 Å². The second kappa shape index (κ2) is 7.47. The fraction of sp³-hybridized carbons (Fsp3) is 0.588. The maximum atomic E-state index is 9.72. The van der Waals surface area contributed by atoms with E-state index in [9.17, 15) is 5.11 Å². The van der Waals surface area contributed by atoms with Gasteiger partial charge < -0.3 is 15.3 Å². The van der Waals surface area contributed by atoms with Crippen LogP contribution >= 0.6 is 15.9 Å². The van der Waals surface area contributed by atoms with Crippen LogP contribution in [0.15, 0.2) is 33.7 Å². The maximum absolute atomic E-state index is 9.72. The molecule has 0 bridgehead atoms. The van der Waals surface area contributed by atoms with E-state index >= 15 is 0 Å². The number of likely N-dealkylation sites (tertiary alicyclic amines) is 1. The van der Waals surface area contributed by atoms with Gasteiger partial charge in [-0.25, -0.2) is 0 Å². The first-order valence-electron chi connectivity index (χ1n) is 7.90. The molecule has 0 amide bonds. The summed E-state index contributed by atoms with van der Waals surface area (Å²) in [5.74, 6) is 0.907. The molecule has 0 saturated carbocycles. The van der Waals surface area contributed by atoms with Gasteiger partial charge in [0.1, 0.15) is 0 Å². The average Bonchev–Trinajstić information content (AvgIpc) is 2.90. The number of hydrogen-bond acceptors (Lipinski definition) is 2. The molecule has 0 aromatic heterocycles. The number of β-amino-alcohol motifs (C(OH)–C–C–N with tert-alkyl or cyclic N) is 1. The predicted molar refractivity (Wildman–Crippen MR) is 95.3 cm³/mol. The van der Waals surface area contributed by atoms with Crippen LogP contribution in [0.3, 0.4) is 0 Å². The van der Waals surface area contributed by atoms with E-state index in [0.29, 0.717) is 13.1 Å². The minimum atomic E-state index is -0.233. The van der Waals surface area contributed by atoms with Gasteiger partial charge in [-0.3, -0.25) is 4.99 Å². The topological polar surface area (TPSA) is 47.9 Å². The molecule has 1 aromatic carbocycles. The number of aliphatic hydroxyl groups excluding tert-OH is 1. The number of aliphatic imine (C=N–C) groups is 1. The molecule has 1 fully saturated rings. The number of halogens is 1. The van der Waals surface area contributed by atoms with E-state index in [-0.39, 0.29) is 11.5 Å². The highest BCUT2D eigenvalue weighted by molar-refractivity contribution is 9.10. The monoisotopic (exact) mass is 367 g/mol. The summed E-state index contributed by atoms with van der Waals surface area (Å²) in [6.07, 6.45) is 0.587. The lowest BCUT2D eigenvalue weighted by molar-refractivity contribution is 0.187. The largest absolute Gasteiger partial charge is 0.391 e. The van der Waals surface area contributed by atoms with E-state index in [4.69, 9.17) is 4.99 Å². The Morgan fingerprint density at radius 1 is 1.41 bits per heavy atom. The second-order valence-corrected chi connectivity index (χ2v) is 7.37. The number of aliphatic hydroxyl groups is 1. The Morgan fingerprint density at radius 3 is 2.64 bits per heavy atom. The first-order chi connectivity index (χ1) is 10.4. The highest BCUT2D eigenvalue weighted by Gasteiger charge is 2.25. The van der Waals surface area contributed by atoms with Crippen molar-refractivity contribution in [3.63, 3.8) is 0 Å². The summed E-state index contributed by atoms with van der Waals surface area (Å²) >= 11 is 3.48. The SMILES string of the molecule is CCNC(=NCC(C)(C)c1ccc(Br)cc1)N1CC[C@@H](O)C1. The molecule has 1 aliphatic rings. The van der Waals surface area contributed by atoms with E-state index in [1.165, 1.54) is 5.56 Å². The molecule has 122 valence electrons. The molecule has 0 radical (unpaired) electrons. The third-order valence-corrected chi connectivity index (χ3v) is 4.58. The number of nitrogens with zero attached hydrogens (tertiary/aromatic N) is 2. The Hall–Kier alpha value is -1.07. The van der Waals surface area contributed by atoms with Crippen LogP contribution in [-0.4, -0.2) is 48.2 Å². The zero-order chi connectivity index (χ0) is 16.2. The zero-order valence-corrected chi connectivity index (χ0v) is 15.2. The molecule has 1 saturated heterocycles. The van der Waals surface area contributed by atoms with Crippen molar-refractivity contribution < 1.29 is 5.11 Å². The first kappa shape index (κ1) is 17.3. The Bertz CT molecular complexity index is 513. The molecule has 0 aliphatic carbocycles. The van der Waals surface area contributed by atoms with Crippen molar-refractivity contribution >= 4 is 21.9 Å². The number of rotatable bonds is 4. The number of nitrogens with one attached hydrogen (secondary N) is 1. The summed E-state index contributed by atoms with van der Waals surface area (Å²) in [6, 6.07) is 8.43. The molecule has 1 aromatic rings. The zero-order valence-electron chi connectivity index (χ0n) is 13.6. The standard InChI is InChI=1S/C17H26BrN3O/c1-4-19-16(21-10-9-15(22)11-21)20-12-17(2,3)13-5-7-14(18)8-6-13/h5-8,15,22H,4,9-12H2,1-3H3,(H,19,20)/t15-/m1/s1. The molecular weight excluding hydrogens is 342 g/mol. The maximum Gasteiger partial charge on any atom is 0.194 e. The van der Waals surface area contributed by atoms with Crippen molar-refractivity contribution in [2.24, 2.45) is 4.99 Å². The Balaban J connectivity index is 2.09. The molecule has 1 aliphatic heterocycles. The van der Waals surface area contributed by atoms with E-state index in [2.05, 4.69) is 71.2 Å². The van der Waals surface area contributed by atoms with Crippen molar-refractivity contribution in [2.75, 3.05) is 26.2 Å². The van der Waals surface area contributed by atoms with Gasteiger partial charge in [0.15, 0.2) is 5.96 Å². The van der Waals surface area contributed by atoms with Crippen LogP contribution in [0.2, 0.25) is 0 Å². The van der Waals surface area contributed by atoms with Gasteiger partial charge in [-0.2, -0.15) is 0 Å². The molecule has 0 spiro atoms. The molecule has 2 N–H and O–H groups in total. The fourth-order valence-corrected chi connectivity index (χ4v) is 2.89. The van der Waals surface area contributed by atoms with Gasteiger partial charge in [0.25, 0.3) is 0 Å². The van der Waals surface area contributed by atoms with Gasteiger partial charge in [0.05, 0.1) is 12.6 Å². The van der Waals surface area contributed by atoms with E-state index in [1.807, 2.05) is 0 Å². The van der Waals surface area contributed by atoms with Crippen LogP contribution in [0.4, 0.5) is 0 Å². The van der Waals surface area contributed by atoms with Gasteiger partial charge >= 0.3 is 0 Å². The van der Waals surface area contributed by atoms with Crippen LogP contribution < -0.4 is 5.32 Å². The predicted octanol–water partition coefficient (Wildman–Crippen LogP) is 2.76. The second-order valence-electron chi connectivity index (χ2n) is 6.45. The molecule has 4 nitrogen and oxygen atoms in total. The summed E-state index contributed by atoms with van der Waals surface area (Å²) in [5, 5.41) is 13.1. The van der Waals surface area contributed by atoms with Crippen molar-refractivity contribution in [3.05, 3.63) is 34.3 Å². The number of hydrogen-bond donors (Lipinski definition) is 2. The van der Waals surface area contributed by atoms with E-state index in [1.54, 1.807) is 0 Å². The summed E-state index contributed by atoms with van der Waals surface area (Å²) in [5.41, 5.74) is 1.25. The molecule has 2 rings (SSSR count). The molecule has 5 heteroatoms. The number of guanidine groups is 1. The Morgan fingerprint density at radius 2 is 2.09 bits per heavy atom. The third-order valence-electron chi connectivity index (χ3n) is 4.05. The molecule has 1 heterocycles. The van der Waals surface area contributed by atoms with Crippen LogP contribution in [0, 0.1) is 0 Å². The smallest absolute Gasteiger partial charge is 0.194 e. The summed E-state index contributed by atoms with van der Waals surface area (Å²) in [4.78, 5) is 6.95. The van der Waals surface area contributed by atoms with Crippen molar-refractivity contribution in [2.45, 2.75) is 38.7 Å². The van der Waals surface area contributed by atoms with Crippen molar-refractivity contribution in [3.8, 4) is 0 Å². The van der Waals surface area contributed by atoms with Crippen LogP contribution in [0.5, 0.6) is 0 Å². The lowest BCUT2D eigenvalue weighted by Gasteiger charge is -2.26. The number of benzene rings is 1. The first-order valence-corrected chi connectivity index (χ1v) is 8.69. The van der Waals surface area contributed by atoms with E-state index < -0.39 is 0 Å². The minimum Gasteiger partial charge on any atom is -0.391 e. The highest BCUT2D eigenvalue weighted by Crippen LogP contribution is 2.25. The summed E-state index contributed by atoms with van der Waals surface area (Å²) in [7, 11) is 0. The normalized spacial score (nSPS) is 19.6. The molecular formula is C17H26BrN3O. The fourth-order valence-electron chi connectivity index (χ4n) is 2.62. The van der Waals surface area contributed by atoms with Crippen molar-refractivity contribution in [1.29, 1.82) is 0 Å². The van der Waals surface area contributed by atoms with Gasteiger partial charge in [-0.1, -0.05) is 41.9 Å². The van der Waals surface area contributed by atoms with Crippen LogP contribution in [-0.2, 0) is 5.41 Å². The van der Waals surface area contributed by atoms with Gasteiger partial charge in [-0.15, -0.1) is 0 Å². The lowest BCUT2D eigenvalue weighted by atomic mass is 9.85.